The molecular weight excluding hydrogens is 359 g/mol. The van der Waals surface area contributed by atoms with E-state index in [9.17, 15) is 17.6 Å². The van der Waals surface area contributed by atoms with Crippen LogP contribution in [0.1, 0.15) is 12.0 Å². The summed E-state index contributed by atoms with van der Waals surface area (Å²) in [5, 5.41) is 2.69. The van der Waals surface area contributed by atoms with Crippen LogP contribution in [0.5, 0.6) is 5.75 Å². The number of methoxy groups -OCH3 is 1. The second kappa shape index (κ2) is 8.77. The molecule has 8 heteroatoms. The molecule has 0 aliphatic rings. The first kappa shape index (κ1) is 19.9. The molecule has 2 aromatic rings. The fraction of sp³-hybridized carbons (Fsp3) is 0.278. The van der Waals surface area contributed by atoms with Crippen LogP contribution >= 0.6 is 0 Å². The van der Waals surface area contributed by atoms with Crippen LogP contribution in [-0.4, -0.2) is 38.5 Å². The fourth-order valence-electron chi connectivity index (χ4n) is 2.30. The molecule has 1 N–H and O–H groups in total. The molecule has 140 valence electrons. The summed E-state index contributed by atoms with van der Waals surface area (Å²) in [5.41, 5.74) is 0.837. The maximum absolute atomic E-state index is 13.8. The Balaban J connectivity index is 1.98. The normalized spacial score (nSPS) is 11.4. The average molecular weight is 380 g/mol. The van der Waals surface area contributed by atoms with Crippen molar-refractivity contribution in [2.75, 3.05) is 25.2 Å². The van der Waals surface area contributed by atoms with Gasteiger partial charge in [0, 0.05) is 30.8 Å². The Morgan fingerprint density at radius 1 is 1.15 bits per heavy atom. The highest BCUT2D eigenvalue weighted by Gasteiger charge is 2.19. The second-order valence-electron chi connectivity index (χ2n) is 5.71. The molecule has 0 spiro atoms. The van der Waals surface area contributed by atoms with Gasteiger partial charge in [0.2, 0.25) is 15.9 Å². The topological polar surface area (TPSA) is 75.7 Å². The van der Waals surface area contributed by atoms with Crippen molar-refractivity contribution in [2.24, 2.45) is 0 Å². The third-order valence-corrected chi connectivity index (χ3v) is 4.99. The number of hydrogen-bond acceptors (Lipinski definition) is 4. The van der Waals surface area contributed by atoms with Crippen molar-refractivity contribution >= 4 is 21.6 Å². The van der Waals surface area contributed by atoms with Gasteiger partial charge in [0.15, 0.2) is 0 Å². The van der Waals surface area contributed by atoms with E-state index < -0.39 is 15.8 Å². The summed E-state index contributed by atoms with van der Waals surface area (Å²) in [6.45, 7) is -0.170. The molecule has 0 bridgehead atoms. The number of nitrogens with zero attached hydrogens (tertiary/aromatic N) is 1. The summed E-state index contributed by atoms with van der Waals surface area (Å²) in [6.07, 6.45) is 0.989. The predicted octanol–water partition coefficient (Wildman–Crippen LogP) is 2.62. The molecule has 0 saturated carbocycles. The van der Waals surface area contributed by atoms with Crippen LogP contribution in [0, 0.1) is 5.82 Å². The lowest BCUT2D eigenvalue weighted by atomic mass is 10.2. The third-order valence-electron chi connectivity index (χ3n) is 3.74. The number of amides is 1. The van der Waals surface area contributed by atoms with Crippen molar-refractivity contribution in [3.8, 4) is 5.75 Å². The van der Waals surface area contributed by atoms with Gasteiger partial charge in [0.05, 0.1) is 13.4 Å². The van der Waals surface area contributed by atoms with Gasteiger partial charge in [-0.05, 0) is 30.3 Å². The number of ether oxygens (including phenoxy) is 1. The molecule has 2 rings (SSSR count). The molecule has 0 atom stereocenters. The Hall–Kier alpha value is -2.45. The van der Waals surface area contributed by atoms with Crippen molar-refractivity contribution in [1.29, 1.82) is 0 Å². The third kappa shape index (κ3) is 5.82. The van der Waals surface area contributed by atoms with E-state index in [4.69, 9.17) is 4.74 Å². The first-order chi connectivity index (χ1) is 12.3. The van der Waals surface area contributed by atoms with Gasteiger partial charge in [-0.3, -0.25) is 4.79 Å². The number of benzene rings is 2. The first-order valence-corrected chi connectivity index (χ1v) is 9.77. The molecule has 0 radical (unpaired) electrons. The van der Waals surface area contributed by atoms with Crippen molar-refractivity contribution in [2.45, 2.75) is 13.0 Å². The highest BCUT2D eigenvalue weighted by atomic mass is 32.2. The van der Waals surface area contributed by atoms with E-state index in [0.717, 1.165) is 10.6 Å². The number of hydrogen-bond donors (Lipinski definition) is 1. The van der Waals surface area contributed by atoms with Gasteiger partial charge in [-0.1, -0.05) is 18.2 Å². The van der Waals surface area contributed by atoms with Gasteiger partial charge in [0.1, 0.15) is 11.6 Å². The van der Waals surface area contributed by atoms with E-state index in [2.05, 4.69) is 5.32 Å². The van der Waals surface area contributed by atoms with E-state index in [-0.39, 0.29) is 31.0 Å². The molecule has 6 nitrogen and oxygen atoms in total. The number of rotatable bonds is 8. The van der Waals surface area contributed by atoms with Crippen LogP contribution in [0.15, 0.2) is 48.5 Å². The van der Waals surface area contributed by atoms with Gasteiger partial charge in [-0.2, -0.15) is 4.31 Å². The Morgan fingerprint density at radius 2 is 1.81 bits per heavy atom. The molecule has 0 heterocycles. The maximum Gasteiger partial charge on any atom is 0.225 e. The molecule has 0 aromatic heterocycles. The quantitative estimate of drug-likeness (QED) is 0.764. The first-order valence-electron chi connectivity index (χ1n) is 7.92. The summed E-state index contributed by atoms with van der Waals surface area (Å²) in [7, 11) is -2.04. The number of carbonyl (C=O) groups excluding carboxylic acids is 1. The van der Waals surface area contributed by atoms with Gasteiger partial charge in [-0.25, -0.2) is 12.8 Å². The number of halogens is 1. The van der Waals surface area contributed by atoms with Crippen molar-refractivity contribution in [3.05, 3.63) is 59.9 Å². The van der Waals surface area contributed by atoms with E-state index >= 15 is 0 Å². The summed E-state index contributed by atoms with van der Waals surface area (Å²) < 4.78 is 43.8. The maximum atomic E-state index is 13.8. The van der Waals surface area contributed by atoms with Gasteiger partial charge >= 0.3 is 0 Å². The summed E-state index contributed by atoms with van der Waals surface area (Å²) in [4.78, 5) is 12.1. The van der Waals surface area contributed by atoms with Crippen LogP contribution in [0.3, 0.4) is 0 Å². The molecule has 2 aromatic carbocycles. The fourth-order valence-corrected chi connectivity index (χ4v) is 3.10. The van der Waals surface area contributed by atoms with Gasteiger partial charge in [-0.15, -0.1) is 0 Å². The molecule has 0 aliphatic carbocycles. The zero-order chi connectivity index (χ0) is 19.2. The molecule has 0 fully saturated rings. The largest absolute Gasteiger partial charge is 0.497 e. The lowest BCUT2D eigenvalue weighted by Gasteiger charge is -2.20. The van der Waals surface area contributed by atoms with Gasteiger partial charge < -0.3 is 10.1 Å². The monoisotopic (exact) mass is 380 g/mol. The van der Waals surface area contributed by atoms with E-state index in [0.29, 0.717) is 11.4 Å². The molecular formula is C18H21FN2O4S. The minimum atomic E-state index is -3.59. The molecule has 1 amide bonds. The molecule has 0 unspecified atom stereocenters. The standard InChI is InChI=1S/C18H21FN2O4S/c1-25-16-9-7-15(8-10-16)20-18(22)11-12-21(26(2,23)24)13-14-5-3-4-6-17(14)19/h3-10H,11-13H2,1-2H3,(H,20,22). The Labute approximate surface area is 152 Å². The summed E-state index contributed by atoms with van der Waals surface area (Å²) in [6, 6.07) is 12.7. The molecule has 0 aliphatic heterocycles. The highest BCUT2D eigenvalue weighted by molar-refractivity contribution is 7.88. The Morgan fingerprint density at radius 3 is 2.38 bits per heavy atom. The van der Waals surface area contributed by atoms with Crippen molar-refractivity contribution in [3.63, 3.8) is 0 Å². The average Bonchev–Trinajstić information content (AvgIpc) is 2.59. The van der Waals surface area contributed by atoms with E-state index in [1.807, 2.05) is 0 Å². The van der Waals surface area contributed by atoms with E-state index in [1.165, 1.54) is 18.2 Å². The Kier molecular flexibility index (Phi) is 6.70. The lowest BCUT2D eigenvalue weighted by molar-refractivity contribution is -0.116. The van der Waals surface area contributed by atoms with Crippen LogP contribution in [0.4, 0.5) is 10.1 Å². The van der Waals surface area contributed by atoms with E-state index in [1.54, 1.807) is 37.4 Å². The number of nitrogens with one attached hydrogen (secondary N) is 1. The van der Waals surface area contributed by atoms with Crippen LogP contribution < -0.4 is 10.1 Å². The molecule has 26 heavy (non-hydrogen) atoms. The zero-order valence-electron chi connectivity index (χ0n) is 14.6. The minimum absolute atomic E-state index is 0.0465. The molecule has 0 saturated heterocycles. The highest BCUT2D eigenvalue weighted by Crippen LogP contribution is 2.16. The van der Waals surface area contributed by atoms with Crippen molar-refractivity contribution < 1.29 is 22.3 Å². The van der Waals surface area contributed by atoms with Crippen LogP contribution in [-0.2, 0) is 21.4 Å². The number of sulfonamides is 1. The van der Waals surface area contributed by atoms with Crippen molar-refractivity contribution in [1.82, 2.24) is 4.31 Å². The Bertz CT molecular complexity index is 854. The zero-order valence-corrected chi connectivity index (χ0v) is 15.4. The summed E-state index contributed by atoms with van der Waals surface area (Å²) >= 11 is 0. The number of carbonyl (C=O) groups is 1. The summed E-state index contributed by atoms with van der Waals surface area (Å²) in [5.74, 6) is -0.155. The van der Waals surface area contributed by atoms with Crippen LogP contribution in [0.25, 0.3) is 0 Å². The number of anilines is 1. The van der Waals surface area contributed by atoms with Crippen LogP contribution in [0.2, 0.25) is 0 Å². The predicted molar refractivity (Wildman–Crippen MR) is 97.9 cm³/mol. The second-order valence-corrected chi connectivity index (χ2v) is 7.70. The van der Waals surface area contributed by atoms with Gasteiger partial charge in [0.25, 0.3) is 0 Å². The lowest BCUT2D eigenvalue weighted by Crippen LogP contribution is -2.32. The smallest absolute Gasteiger partial charge is 0.225 e. The minimum Gasteiger partial charge on any atom is -0.497 e. The SMILES string of the molecule is COc1ccc(NC(=O)CCN(Cc2ccccc2F)S(C)(=O)=O)cc1.